The van der Waals surface area contributed by atoms with Crippen LogP contribution in [0.15, 0.2) is 48.5 Å². The molecule has 0 N–H and O–H groups in total. The molecular weight excluding hydrogens is 408 g/mol. The van der Waals surface area contributed by atoms with E-state index < -0.39 is 0 Å². The second kappa shape index (κ2) is 11.0. The van der Waals surface area contributed by atoms with Gasteiger partial charge in [0.2, 0.25) is 0 Å². The molecule has 0 aromatic heterocycles. The summed E-state index contributed by atoms with van der Waals surface area (Å²) in [5, 5.41) is 0. The van der Waals surface area contributed by atoms with Crippen LogP contribution in [0.2, 0.25) is 0 Å². The Labute approximate surface area is 189 Å². The number of rotatable bonds is 8. The third-order valence-electron chi connectivity index (χ3n) is 5.83. The van der Waals surface area contributed by atoms with Crippen LogP contribution in [0.25, 0.3) is 0 Å². The Morgan fingerprint density at radius 2 is 1.03 bits per heavy atom. The van der Waals surface area contributed by atoms with Gasteiger partial charge in [-0.1, -0.05) is 24.3 Å². The van der Waals surface area contributed by atoms with Gasteiger partial charge in [0.1, 0.15) is 11.5 Å². The Bertz CT molecular complexity index is 814. The van der Waals surface area contributed by atoms with E-state index in [0.717, 1.165) is 24.3 Å². The van der Waals surface area contributed by atoms with Crippen molar-refractivity contribution in [1.82, 2.24) is 0 Å². The minimum atomic E-state index is -0.0983. The number of methoxy groups -OCH3 is 2. The minimum absolute atomic E-state index is 0.0583. The van der Waals surface area contributed by atoms with Gasteiger partial charge < -0.3 is 18.9 Å². The lowest BCUT2D eigenvalue weighted by Gasteiger charge is -2.04. The SMILES string of the molecule is CCOc1ccc(C2CC2C(=O)OC)cc1.CCOc1ccc(C2CC2C(=O)OC)cc1. The van der Waals surface area contributed by atoms with Crippen molar-refractivity contribution in [1.29, 1.82) is 0 Å². The van der Waals surface area contributed by atoms with Crippen molar-refractivity contribution >= 4 is 11.9 Å². The van der Waals surface area contributed by atoms with Gasteiger partial charge in [0.25, 0.3) is 0 Å². The van der Waals surface area contributed by atoms with Gasteiger partial charge in [-0.25, -0.2) is 0 Å². The van der Waals surface area contributed by atoms with Gasteiger partial charge in [0.05, 0.1) is 39.3 Å². The molecule has 4 atom stereocenters. The summed E-state index contributed by atoms with van der Waals surface area (Å²) < 4.78 is 20.2. The molecule has 2 aromatic carbocycles. The molecule has 0 heterocycles. The fourth-order valence-corrected chi connectivity index (χ4v) is 3.91. The summed E-state index contributed by atoms with van der Waals surface area (Å²) >= 11 is 0. The molecule has 0 saturated heterocycles. The largest absolute Gasteiger partial charge is 0.494 e. The Morgan fingerprint density at radius 1 is 0.688 bits per heavy atom. The first-order valence-corrected chi connectivity index (χ1v) is 11.1. The number of esters is 2. The van der Waals surface area contributed by atoms with E-state index in [1.165, 1.54) is 25.3 Å². The van der Waals surface area contributed by atoms with Crippen LogP contribution in [0.4, 0.5) is 0 Å². The van der Waals surface area contributed by atoms with Crippen molar-refractivity contribution in [2.75, 3.05) is 27.4 Å². The lowest BCUT2D eigenvalue weighted by Crippen LogP contribution is -2.03. The van der Waals surface area contributed by atoms with E-state index in [2.05, 4.69) is 0 Å². The zero-order chi connectivity index (χ0) is 23.1. The molecule has 2 aliphatic carbocycles. The summed E-state index contributed by atoms with van der Waals surface area (Å²) in [7, 11) is 2.88. The number of hydrogen-bond acceptors (Lipinski definition) is 6. The molecule has 2 aromatic rings. The maximum absolute atomic E-state index is 11.3. The van der Waals surface area contributed by atoms with Crippen LogP contribution >= 0.6 is 0 Å². The van der Waals surface area contributed by atoms with Crippen molar-refractivity contribution in [3.63, 3.8) is 0 Å². The van der Waals surface area contributed by atoms with Crippen LogP contribution in [-0.2, 0) is 19.1 Å². The van der Waals surface area contributed by atoms with E-state index >= 15 is 0 Å². The van der Waals surface area contributed by atoms with Crippen molar-refractivity contribution in [3.05, 3.63) is 59.7 Å². The van der Waals surface area contributed by atoms with Gasteiger partial charge >= 0.3 is 11.9 Å². The van der Waals surface area contributed by atoms with Crippen LogP contribution < -0.4 is 9.47 Å². The van der Waals surface area contributed by atoms with Crippen LogP contribution in [0.3, 0.4) is 0 Å². The first-order chi connectivity index (χ1) is 15.5. The fraction of sp³-hybridized carbons (Fsp3) is 0.462. The predicted molar refractivity (Wildman–Crippen MR) is 121 cm³/mol. The first kappa shape index (κ1) is 23.6. The normalized spacial score (nSPS) is 22.6. The predicted octanol–water partition coefficient (Wildman–Crippen LogP) is 4.72. The van der Waals surface area contributed by atoms with E-state index in [9.17, 15) is 9.59 Å². The zero-order valence-corrected chi connectivity index (χ0v) is 19.2. The first-order valence-electron chi connectivity index (χ1n) is 11.1. The molecule has 0 amide bonds. The highest BCUT2D eigenvalue weighted by Crippen LogP contribution is 2.49. The summed E-state index contributed by atoms with van der Waals surface area (Å²) in [5.74, 6) is 2.35. The average molecular weight is 441 g/mol. The van der Waals surface area contributed by atoms with E-state index in [1.54, 1.807) is 0 Å². The lowest BCUT2D eigenvalue weighted by molar-refractivity contribution is -0.143. The lowest BCUT2D eigenvalue weighted by atomic mass is 10.1. The number of carbonyl (C=O) groups excluding carboxylic acids is 2. The molecule has 4 rings (SSSR count). The van der Waals surface area contributed by atoms with Crippen LogP contribution in [0.5, 0.6) is 11.5 Å². The Hall–Kier alpha value is -3.02. The maximum atomic E-state index is 11.3. The van der Waals surface area contributed by atoms with E-state index in [-0.39, 0.29) is 23.8 Å². The molecule has 0 spiro atoms. The second-order valence-corrected chi connectivity index (χ2v) is 7.95. The second-order valence-electron chi connectivity index (χ2n) is 7.95. The standard InChI is InChI=1S/2C13H16O3/c2*1-3-16-10-6-4-9(5-7-10)11-8-12(11)13(14)15-2/h2*4-7,11-12H,3,8H2,1-2H3. The van der Waals surface area contributed by atoms with Gasteiger partial charge in [0.15, 0.2) is 0 Å². The van der Waals surface area contributed by atoms with Gasteiger partial charge in [-0.05, 0) is 73.9 Å². The van der Waals surface area contributed by atoms with E-state index in [0.29, 0.717) is 25.0 Å². The topological polar surface area (TPSA) is 71.1 Å². The molecule has 2 aliphatic rings. The van der Waals surface area contributed by atoms with Crippen LogP contribution in [0.1, 0.15) is 49.7 Å². The molecule has 0 aliphatic heterocycles. The summed E-state index contributed by atoms with van der Waals surface area (Å²) in [4.78, 5) is 22.6. The third kappa shape index (κ3) is 6.02. The quantitative estimate of drug-likeness (QED) is 0.553. The molecule has 6 heteroatoms. The molecule has 172 valence electrons. The monoisotopic (exact) mass is 440 g/mol. The number of ether oxygens (including phenoxy) is 4. The fourth-order valence-electron chi connectivity index (χ4n) is 3.91. The molecule has 6 nitrogen and oxygen atoms in total. The van der Waals surface area contributed by atoms with E-state index in [1.807, 2.05) is 62.4 Å². The minimum Gasteiger partial charge on any atom is -0.494 e. The van der Waals surface area contributed by atoms with Crippen molar-refractivity contribution < 1.29 is 28.5 Å². The van der Waals surface area contributed by atoms with Gasteiger partial charge in [-0.2, -0.15) is 0 Å². The summed E-state index contributed by atoms with van der Waals surface area (Å²) in [6, 6.07) is 15.9. The summed E-state index contributed by atoms with van der Waals surface area (Å²) in [5.41, 5.74) is 2.39. The Kier molecular flexibility index (Phi) is 8.14. The van der Waals surface area contributed by atoms with Gasteiger partial charge in [0, 0.05) is 0 Å². The van der Waals surface area contributed by atoms with Crippen molar-refractivity contribution in [2.45, 2.75) is 38.5 Å². The summed E-state index contributed by atoms with van der Waals surface area (Å²) in [6.45, 7) is 5.27. The number of hydrogen-bond donors (Lipinski definition) is 0. The highest BCUT2D eigenvalue weighted by atomic mass is 16.5. The van der Waals surface area contributed by atoms with Gasteiger partial charge in [-0.15, -0.1) is 0 Å². The Morgan fingerprint density at radius 3 is 1.31 bits per heavy atom. The van der Waals surface area contributed by atoms with Crippen LogP contribution in [0, 0.1) is 11.8 Å². The summed E-state index contributed by atoms with van der Waals surface area (Å²) in [6.07, 6.45) is 1.81. The number of benzene rings is 2. The third-order valence-corrected chi connectivity index (χ3v) is 5.83. The van der Waals surface area contributed by atoms with E-state index in [4.69, 9.17) is 18.9 Å². The number of carbonyl (C=O) groups is 2. The highest BCUT2D eigenvalue weighted by Gasteiger charge is 2.45. The molecule has 4 unspecified atom stereocenters. The molecule has 2 fully saturated rings. The Balaban J connectivity index is 0.000000181. The molecule has 0 radical (unpaired) electrons. The molecular formula is C26H32O6. The molecule has 2 saturated carbocycles. The average Bonchev–Trinajstić information content (AvgIpc) is 3.74. The highest BCUT2D eigenvalue weighted by molar-refractivity contribution is 5.77. The zero-order valence-electron chi connectivity index (χ0n) is 19.2. The van der Waals surface area contributed by atoms with Crippen molar-refractivity contribution in [3.8, 4) is 11.5 Å². The maximum Gasteiger partial charge on any atom is 0.309 e. The molecule has 0 bridgehead atoms. The molecule has 32 heavy (non-hydrogen) atoms. The smallest absolute Gasteiger partial charge is 0.309 e. The van der Waals surface area contributed by atoms with Gasteiger partial charge in [-0.3, -0.25) is 9.59 Å². The van der Waals surface area contributed by atoms with Crippen molar-refractivity contribution in [2.24, 2.45) is 11.8 Å². The van der Waals surface area contributed by atoms with Crippen LogP contribution in [-0.4, -0.2) is 39.4 Å².